The van der Waals surface area contributed by atoms with Gasteiger partial charge in [-0.2, -0.15) is 0 Å². The van der Waals surface area contributed by atoms with Crippen LogP contribution in [0.1, 0.15) is 12.5 Å². The van der Waals surface area contributed by atoms with E-state index in [1.54, 1.807) is 6.08 Å². The number of benzene rings is 1. The molecule has 23 heavy (non-hydrogen) atoms. The van der Waals surface area contributed by atoms with Crippen LogP contribution < -0.4 is 5.32 Å². The molecule has 0 bridgehead atoms. The molecule has 0 fully saturated rings. The van der Waals surface area contributed by atoms with Crippen molar-refractivity contribution < 1.29 is 15.0 Å². The zero-order valence-corrected chi connectivity index (χ0v) is 12.9. The van der Waals surface area contributed by atoms with Gasteiger partial charge in [0.1, 0.15) is 11.5 Å². The Morgan fingerprint density at radius 1 is 1.30 bits per heavy atom. The second-order valence-electron chi connectivity index (χ2n) is 5.23. The summed E-state index contributed by atoms with van der Waals surface area (Å²) in [6.45, 7) is 2.89. The molecule has 1 aromatic carbocycles. The molecule has 0 aliphatic heterocycles. The van der Waals surface area contributed by atoms with Crippen LogP contribution in [0.25, 0.3) is 0 Å². The minimum Gasteiger partial charge on any atom is -0.508 e. The summed E-state index contributed by atoms with van der Waals surface area (Å²) >= 11 is 0. The lowest BCUT2D eigenvalue weighted by atomic mass is 10.1. The number of aliphatic imine (C=N–C) groups is 1. The van der Waals surface area contributed by atoms with Crippen molar-refractivity contribution in [3.8, 4) is 11.5 Å². The van der Waals surface area contributed by atoms with Gasteiger partial charge in [-0.05, 0) is 25.1 Å². The summed E-state index contributed by atoms with van der Waals surface area (Å²) < 4.78 is 0. The summed E-state index contributed by atoms with van der Waals surface area (Å²) in [5.41, 5.74) is 1.26. The van der Waals surface area contributed by atoms with E-state index in [2.05, 4.69) is 10.3 Å². The first kappa shape index (κ1) is 16.5. The number of phenolic OH excluding ortho intramolecular Hbond substituents is 2. The number of hydrogen-bond donors (Lipinski definition) is 3. The normalized spacial score (nSPS) is 14.7. The van der Waals surface area contributed by atoms with Gasteiger partial charge in [0.05, 0.1) is 12.5 Å². The highest BCUT2D eigenvalue weighted by Gasteiger charge is 2.11. The van der Waals surface area contributed by atoms with Crippen LogP contribution in [-0.4, -0.2) is 35.3 Å². The average molecular weight is 312 g/mol. The lowest BCUT2D eigenvalue weighted by molar-refractivity contribution is -0.115. The fraction of sp³-hybridized carbons (Fsp3) is 0.222. The van der Waals surface area contributed by atoms with Gasteiger partial charge in [0, 0.05) is 30.1 Å². The number of carbonyl (C=O) groups excluding carboxylic acids is 1. The lowest BCUT2D eigenvalue weighted by Crippen LogP contribution is -2.17. The second-order valence-corrected chi connectivity index (χ2v) is 5.23. The molecular formula is C18H20N2O3. The van der Waals surface area contributed by atoms with E-state index in [9.17, 15) is 15.0 Å². The third kappa shape index (κ3) is 5.14. The quantitative estimate of drug-likeness (QED) is 0.312. The molecule has 120 valence electrons. The number of carbonyl (C=O) groups is 1. The van der Waals surface area contributed by atoms with E-state index >= 15 is 0 Å². The van der Waals surface area contributed by atoms with Crippen LogP contribution in [0.2, 0.25) is 0 Å². The zero-order valence-electron chi connectivity index (χ0n) is 12.9. The van der Waals surface area contributed by atoms with Crippen molar-refractivity contribution in [2.45, 2.75) is 6.92 Å². The van der Waals surface area contributed by atoms with Crippen LogP contribution in [0, 0.1) is 5.92 Å². The van der Waals surface area contributed by atoms with Crippen molar-refractivity contribution in [1.29, 1.82) is 0 Å². The number of nitrogens with one attached hydrogen (secondary N) is 1. The van der Waals surface area contributed by atoms with Crippen molar-refractivity contribution in [3.05, 3.63) is 59.8 Å². The Morgan fingerprint density at radius 2 is 2.04 bits per heavy atom. The van der Waals surface area contributed by atoms with E-state index in [-0.39, 0.29) is 23.2 Å². The third-order valence-electron chi connectivity index (χ3n) is 3.32. The molecule has 0 spiro atoms. The fourth-order valence-corrected chi connectivity index (χ4v) is 2.11. The molecule has 0 saturated heterocycles. The molecule has 0 aromatic heterocycles. The first-order valence-corrected chi connectivity index (χ1v) is 7.39. The molecule has 0 heterocycles. The van der Waals surface area contributed by atoms with Gasteiger partial charge < -0.3 is 15.5 Å². The Balaban J connectivity index is 1.77. The van der Waals surface area contributed by atoms with Crippen LogP contribution in [0.3, 0.4) is 0 Å². The molecule has 1 aromatic rings. The van der Waals surface area contributed by atoms with Gasteiger partial charge in [-0.25, -0.2) is 0 Å². The smallest absolute Gasteiger partial charge is 0.168 e. The Labute approximate surface area is 135 Å². The van der Waals surface area contributed by atoms with Crippen LogP contribution in [0.5, 0.6) is 11.5 Å². The maximum Gasteiger partial charge on any atom is 0.168 e. The first-order valence-electron chi connectivity index (χ1n) is 7.39. The highest BCUT2D eigenvalue weighted by atomic mass is 16.3. The van der Waals surface area contributed by atoms with E-state index in [1.807, 2.05) is 31.2 Å². The maximum absolute atomic E-state index is 11.9. The number of allylic oxidation sites excluding steroid dienone is 6. The van der Waals surface area contributed by atoms with Gasteiger partial charge in [-0.3, -0.25) is 9.79 Å². The van der Waals surface area contributed by atoms with E-state index in [0.717, 1.165) is 5.70 Å². The molecule has 0 unspecified atom stereocenters. The summed E-state index contributed by atoms with van der Waals surface area (Å²) in [6.07, 6.45) is 10.6. The number of hydrogen-bond acceptors (Lipinski definition) is 5. The van der Waals surface area contributed by atoms with Crippen molar-refractivity contribution >= 4 is 12.0 Å². The summed E-state index contributed by atoms with van der Waals surface area (Å²) in [6, 6.07) is 4.27. The minimum absolute atomic E-state index is 0.0492. The topological polar surface area (TPSA) is 81.9 Å². The fourth-order valence-electron chi connectivity index (χ4n) is 2.11. The average Bonchev–Trinajstić information content (AvgIpc) is 3.04. The molecule has 2 rings (SSSR count). The van der Waals surface area contributed by atoms with Crippen molar-refractivity contribution in [1.82, 2.24) is 5.32 Å². The molecule has 0 amide bonds. The number of aromatic hydroxyl groups is 2. The van der Waals surface area contributed by atoms with Gasteiger partial charge in [0.25, 0.3) is 0 Å². The maximum atomic E-state index is 11.9. The standard InChI is InChI=1S/C18H20N2O3/c1-13(10-18(23)14-4-2-3-5-14)20-9-8-19-12-15-11-16(21)6-7-17(15)22/h2-7,10-12,14,20-22H,8-9H2,1H3/b13-10+,19-12?. The highest BCUT2D eigenvalue weighted by Crippen LogP contribution is 2.20. The zero-order chi connectivity index (χ0) is 16.7. The van der Waals surface area contributed by atoms with Gasteiger partial charge in [-0.15, -0.1) is 0 Å². The van der Waals surface area contributed by atoms with E-state index in [0.29, 0.717) is 18.7 Å². The number of ketones is 1. The Hall–Kier alpha value is -2.82. The van der Waals surface area contributed by atoms with Crippen LogP contribution in [-0.2, 0) is 4.79 Å². The van der Waals surface area contributed by atoms with Gasteiger partial charge >= 0.3 is 0 Å². The monoisotopic (exact) mass is 312 g/mol. The van der Waals surface area contributed by atoms with Crippen molar-refractivity contribution in [2.24, 2.45) is 10.9 Å². The molecule has 3 N–H and O–H groups in total. The van der Waals surface area contributed by atoms with Crippen LogP contribution in [0.4, 0.5) is 0 Å². The lowest BCUT2D eigenvalue weighted by Gasteiger charge is -2.06. The largest absolute Gasteiger partial charge is 0.508 e. The third-order valence-corrected chi connectivity index (χ3v) is 3.32. The SMILES string of the molecule is C/C(=C\C(=O)C1C=CC=C1)NCCN=Cc1cc(O)ccc1O. The summed E-state index contributed by atoms with van der Waals surface area (Å²) in [4.78, 5) is 16.1. The number of phenols is 2. The summed E-state index contributed by atoms with van der Waals surface area (Å²) in [5, 5.41) is 22.1. The van der Waals surface area contributed by atoms with E-state index in [4.69, 9.17) is 0 Å². The van der Waals surface area contributed by atoms with E-state index in [1.165, 1.54) is 24.4 Å². The Bertz CT molecular complexity index is 676. The molecule has 0 atom stereocenters. The highest BCUT2D eigenvalue weighted by molar-refractivity contribution is 5.95. The van der Waals surface area contributed by atoms with Gasteiger partial charge in [0.15, 0.2) is 5.78 Å². The molecular weight excluding hydrogens is 292 g/mol. The predicted molar refractivity (Wildman–Crippen MR) is 90.8 cm³/mol. The molecule has 1 aliphatic rings. The van der Waals surface area contributed by atoms with Gasteiger partial charge in [0.2, 0.25) is 0 Å². The summed E-state index contributed by atoms with van der Waals surface area (Å²) in [7, 11) is 0. The van der Waals surface area contributed by atoms with E-state index < -0.39 is 0 Å². The number of rotatable bonds is 7. The summed E-state index contributed by atoms with van der Waals surface area (Å²) in [5.74, 6) is 0.0419. The molecule has 1 aliphatic carbocycles. The van der Waals surface area contributed by atoms with Gasteiger partial charge in [-0.1, -0.05) is 24.3 Å². The van der Waals surface area contributed by atoms with Crippen molar-refractivity contribution in [2.75, 3.05) is 13.1 Å². The van der Waals surface area contributed by atoms with Crippen molar-refractivity contribution in [3.63, 3.8) is 0 Å². The second kappa shape index (κ2) is 7.98. The Kier molecular flexibility index (Phi) is 5.74. The van der Waals surface area contributed by atoms with Crippen LogP contribution >= 0.6 is 0 Å². The minimum atomic E-state index is -0.154. The van der Waals surface area contributed by atoms with Crippen LogP contribution in [0.15, 0.2) is 59.3 Å². The molecule has 5 nitrogen and oxygen atoms in total. The predicted octanol–water partition coefficient (Wildman–Crippen LogP) is 2.32. The Morgan fingerprint density at radius 3 is 2.78 bits per heavy atom. The first-order chi connectivity index (χ1) is 11.1. The number of nitrogens with zero attached hydrogens (tertiary/aromatic N) is 1. The molecule has 0 saturated carbocycles. The molecule has 0 radical (unpaired) electrons. The molecule has 5 heteroatoms.